The molecule has 9 heteroatoms. The Bertz CT molecular complexity index is 1430. The number of nitrogens with one attached hydrogen (secondary N) is 1. The first-order chi connectivity index (χ1) is 18.2. The molecule has 3 aromatic carbocycles. The van der Waals surface area contributed by atoms with E-state index in [0.29, 0.717) is 39.4 Å². The van der Waals surface area contributed by atoms with Crippen LogP contribution in [0.15, 0.2) is 71.3 Å². The van der Waals surface area contributed by atoms with Gasteiger partial charge in [0.2, 0.25) is 0 Å². The minimum atomic E-state index is -0.671. The lowest BCUT2D eigenvalue weighted by molar-refractivity contribution is -0.142. The van der Waals surface area contributed by atoms with Gasteiger partial charge in [0.05, 0.1) is 13.0 Å². The van der Waals surface area contributed by atoms with Crippen molar-refractivity contribution in [2.45, 2.75) is 33.3 Å². The molecule has 0 aliphatic rings. The largest absolute Gasteiger partial charge is 0.466 e. The Morgan fingerprint density at radius 2 is 1.61 bits per heavy atom. The Balaban J connectivity index is 1.45. The van der Waals surface area contributed by atoms with Gasteiger partial charge >= 0.3 is 12.1 Å². The Hall–Kier alpha value is -3.81. The zero-order valence-electron chi connectivity index (χ0n) is 21.1. The number of amides is 1. The quantitative estimate of drug-likeness (QED) is 0.222. The van der Waals surface area contributed by atoms with Crippen LogP contribution < -0.4 is 5.32 Å². The van der Waals surface area contributed by atoms with Crippen LogP contribution in [0.1, 0.15) is 36.8 Å². The van der Waals surface area contributed by atoms with E-state index in [1.54, 1.807) is 39.0 Å². The van der Waals surface area contributed by atoms with Crippen LogP contribution in [0.2, 0.25) is 10.0 Å². The van der Waals surface area contributed by atoms with E-state index in [-0.39, 0.29) is 12.4 Å². The van der Waals surface area contributed by atoms with Gasteiger partial charge in [-0.1, -0.05) is 83.0 Å². The van der Waals surface area contributed by atoms with Crippen molar-refractivity contribution in [2.75, 3.05) is 11.9 Å². The number of carbonyl (C=O) groups excluding carboxylic acids is 2. The number of benzene rings is 3. The fourth-order valence-electron chi connectivity index (χ4n) is 3.91. The lowest BCUT2D eigenvalue weighted by Gasteiger charge is -2.16. The minimum Gasteiger partial charge on any atom is -0.466 e. The van der Waals surface area contributed by atoms with Crippen LogP contribution in [-0.4, -0.2) is 23.8 Å². The third-order valence-electron chi connectivity index (χ3n) is 5.86. The second-order valence-corrected chi connectivity index (χ2v) is 9.41. The molecule has 0 aliphatic carbocycles. The number of nitrogens with zero attached hydrogens (tertiary/aromatic N) is 1. The van der Waals surface area contributed by atoms with Gasteiger partial charge in [-0.15, -0.1) is 0 Å². The molecule has 1 N–H and O–H groups in total. The van der Waals surface area contributed by atoms with Gasteiger partial charge in [0, 0.05) is 21.2 Å². The molecular formula is C29H26Cl2N2O5. The minimum absolute atomic E-state index is 0.238. The van der Waals surface area contributed by atoms with E-state index in [1.165, 1.54) is 0 Å². The zero-order chi connectivity index (χ0) is 27.2. The lowest BCUT2D eigenvalue weighted by Crippen LogP contribution is -2.17. The summed E-state index contributed by atoms with van der Waals surface area (Å²) in [5.74, 6) is 0.163. The summed E-state index contributed by atoms with van der Waals surface area (Å²) in [6.07, 6.45) is -1.04. The Morgan fingerprint density at radius 1 is 0.974 bits per heavy atom. The number of aryl methyl sites for hydroxylation is 1. The second kappa shape index (κ2) is 12.2. The third kappa shape index (κ3) is 6.54. The van der Waals surface area contributed by atoms with Gasteiger partial charge in [-0.25, -0.2) is 4.79 Å². The predicted molar refractivity (Wildman–Crippen MR) is 147 cm³/mol. The summed E-state index contributed by atoms with van der Waals surface area (Å²) >= 11 is 12.2. The number of carbonyl (C=O) groups is 2. The van der Waals surface area contributed by atoms with Crippen molar-refractivity contribution in [3.05, 3.63) is 93.6 Å². The average Bonchev–Trinajstić information content (AvgIpc) is 3.24. The average molecular weight is 553 g/mol. The Kier molecular flexibility index (Phi) is 8.71. The SMILES string of the molecule is CCOC(=O)Cc1ccc(-c2ccc(-c3onc(C)c3NC(=O)OC(C)c3ccc(Cl)cc3Cl)cc2)cc1. The molecule has 4 aromatic rings. The normalized spacial score (nSPS) is 11.6. The molecule has 0 saturated heterocycles. The van der Waals surface area contributed by atoms with Crippen LogP contribution in [0.3, 0.4) is 0 Å². The van der Waals surface area contributed by atoms with Crippen molar-refractivity contribution in [3.63, 3.8) is 0 Å². The molecule has 0 fully saturated rings. The van der Waals surface area contributed by atoms with E-state index in [9.17, 15) is 9.59 Å². The number of rotatable bonds is 8. The first-order valence-electron chi connectivity index (χ1n) is 12.0. The molecule has 0 saturated carbocycles. The van der Waals surface area contributed by atoms with Crippen molar-refractivity contribution >= 4 is 41.0 Å². The van der Waals surface area contributed by atoms with Gasteiger partial charge in [-0.3, -0.25) is 10.1 Å². The van der Waals surface area contributed by atoms with E-state index >= 15 is 0 Å². The highest BCUT2D eigenvalue weighted by Crippen LogP contribution is 2.34. The topological polar surface area (TPSA) is 90.7 Å². The summed E-state index contributed by atoms with van der Waals surface area (Å²) < 4.78 is 16.0. The molecule has 196 valence electrons. The number of ether oxygens (including phenoxy) is 2. The van der Waals surface area contributed by atoms with Crippen LogP contribution >= 0.6 is 23.2 Å². The first kappa shape index (κ1) is 27.2. The molecular weight excluding hydrogens is 527 g/mol. The van der Waals surface area contributed by atoms with Gasteiger partial charge < -0.3 is 14.0 Å². The first-order valence-corrected chi connectivity index (χ1v) is 12.7. The fourth-order valence-corrected chi connectivity index (χ4v) is 4.47. The van der Waals surface area contributed by atoms with Crippen LogP contribution in [-0.2, 0) is 20.7 Å². The Labute approximate surface area is 230 Å². The molecule has 1 atom stereocenters. The van der Waals surface area contributed by atoms with Crippen LogP contribution in [0.25, 0.3) is 22.5 Å². The van der Waals surface area contributed by atoms with Gasteiger partial charge in [0.1, 0.15) is 17.5 Å². The summed E-state index contributed by atoms with van der Waals surface area (Å²) in [6, 6.07) is 20.4. The van der Waals surface area contributed by atoms with Gasteiger partial charge in [0.15, 0.2) is 5.76 Å². The van der Waals surface area contributed by atoms with Crippen molar-refractivity contribution < 1.29 is 23.6 Å². The van der Waals surface area contributed by atoms with E-state index in [2.05, 4.69) is 10.5 Å². The molecule has 7 nitrogen and oxygen atoms in total. The monoisotopic (exact) mass is 552 g/mol. The van der Waals surface area contributed by atoms with Crippen molar-refractivity contribution in [1.29, 1.82) is 0 Å². The summed E-state index contributed by atoms with van der Waals surface area (Å²) in [7, 11) is 0. The van der Waals surface area contributed by atoms with Gasteiger partial charge in [-0.2, -0.15) is 0 Å². The molecule has 0 spiro atoms. The van der Waals surface area contributed by atoms with E-state index < -0.39 is 12.2 Å². The van der Waals surface area contributed by atoms with Crippen molar-refractivity contribution in [2.24, 2.45) is 0 Å². The number of hydrogen-bond donors (Lipinski definition) is 1. The van der Waals surface area contributed by atoms with E-state index in [1.807, 2.05) is 48.5 Å². The summed E-state index contributed by atoms with van der Waals surface area (Å²) in [6.45, 7) is 5.60. The molecule has 1 heterocycles. The van der Waals surface area contributed by atoms with Crippen LogP contribution in [0.5, 0.6) is 0 Å². The summed E-state index contributed by atoms with van der Waals surface area (Å²) in [5.41, 5.74) is 5.16. The predicted octanol–water partition coefficient (Wildman–Crippen LogP) is 8.04. The second-order valence-electron chi connectivity index (χ2n) is 8.57. The highest BCUT2D eigenvalue weighted by atomic mass is 35.5. The number of aromatic nitrogens is 1. The molecule has 1 unspecified atom stereocenters. The number of halogens is 2. The smallest absolute Gasteiger partial charge is 0.412 e. The lowest BCUT2D eigenvalue weighted by atomic mass is 10.0. The molecule has 1 amide bonds. The maximum Gasteiger partial charge on any atom is 0.412 e. The van der Waals surface area contributed by atoms with Gasteiger partial charge in [0.25, 0.3) is 0 Å². The fraction of sp³-hybridized carbons (Fsp3) is 0.207. The number of anilines is 1. The van der Waals surface area contributed by atoms with E-state index in [0.717, 1.165) is 22.3 Å². The zero-order valence-corrected chi connectivity index (χ0v) is 22.6. The van der Waals surface area contributed by atoms with Crippen LogP contribution in [0.4, 0.5) is 10.5 Å². The van der Waals surface area contributed by atoms with Crippen molar-refractivity contribution in [3.8, 4) is 22.5 Å². The highest BCUT2D eigenvalue weighted by Gasteiger charge is 2.21. The molecule has 0 bridgehead atoms. The molecule has 0 aliphatic heterocycles. The van der Waals surface area contributed by atoms with Crippen molar-refractivity contribution in [1.82, 2.24) is 5.16 Å². The van der Waals surface area contributed by atoms with Crippen LogP contribution in [0, 0.1) is 6.92 Å². The third-order valence-corrected chi connectivity index (χ3v) is 6.42. The number of esters is 1. The summed E-state index contributed by atoms with van der Waals surface area (Å²) in [4.78, 5) is 24.4. The molecule has 38 heavy (non-hydrogen) atoms. The molecule has 1 aromatic heterocycles. The maximum absolute atomic E-state index is 12.7. The van der Waals surface area contributed by atoms with E-state index in [4.69, 9.17) is 37.2 Å². The van der Waals surface area contributed by atoms with Gasteiger partial charge in [-0.05, 0) is 49.6 Å². The molecule has 4 rings (SSSR count). The number of hydrogen-bond acceptors (Lipinski definition) is 6. The standard InChI is InChI=1S/C29H26Cl2N2O5/c1-4-36-26(34)15-19-5-7-20(8-6-19)21-9-11-22(12-10-21)28-27(17(2)33-38-28)32-29(35)37-18(3)24-14-13-23(30)16-25(24)31/h5-14,16,18H,4,15H2,1-3H3,(H,32,35). The maximum atomic E-state index is 12.7. The summed E-state index contributed by atoms with van der Waals surface area (Å²) in [5, 5.41) is 7.66. The molecule has 0 radical (unpaired) electrons. The highest BCUT2D eigenvalue weighted by molar-refractivity contribution is 6.35. The Morgan fingerprint density at radius 3 is 2.24 bits per heavy atom.